The van der Waals surface area contributed by atoms with Crippen molar-refractivity contribution in [3.8, 4) is 0 Å². The van der Waals surface area contributed by atoms with E-state index in [1.807, 2.05) is 6.07 Å². The van der Waals surface area contributed by atoms with E-state index in [9.17, 15) is 14.4 Å². The van der Waals surface area contributed by atoms with Crippen molar-refractivity contribution in [3.05, 3.63) is 60.4 Å². The lowest BCUT2D eigenvalue weighted by Gasteiger charge is -2.41. The fourth-order valence-corrected chi connectivity index (χ4v) is 3.48. The van der Waals surface area contributed by atoms with Gasteiger partial charge >= 0.3 is 0 Å². The van der Waals surface area contributed by atoms with E-state index in [-0.39, 0.29) is 29.7 Å². The van der Waals surface area contributed by atoms with Crippen LogP contribution in [0.2, 0.25) is 0 Å². The molecule has 2 aliphatic rings. The molecule has 118 valence electrons. The molecule has 2 aliphatic carbocycles. The predicted octanol–water partition coefficient (Wildman–Crippen LogP) is 2.89. The molecule has 0 spiro atoms. The van der Waals surface area contributed by atoms with Crippen LogP contribution < -0.4 is 0 Å². The molecule has 1 saturated carbocycles. The van der Waals surface area contributed by atoms with Gasteiger partial charge in [-0.25, -0.2) is 0 Å². The second kappa shape index (κ2) is 5.95. The summed E-state index contributed by atoms with van der Waals surface area (Å²) >= 11 is 0. The van der Waals surface area contributed by atoms with Gasteiger partial charge in [0.25, 0.3) is 0 Å². The van der Waals surface area contributed by atoms with E-state index in [1.165, 1.54) is 12.2 Å². The topological polar surface area (TPSA) is 60.4 Å². The normalized spacial score (nSPS) is 26.4. The highest BCUT2D eigenvalue weighted by atomic mass is 16.5. The molecule has 4 heteroatoms. The Bertz CT molecular complexity index is 701. The molecule has 0 radical (unpaired) electrons. The van der Waals surface area contributed by atoms with Gasteiger partial charge in [0.05, 0.1) is 5.92 Å². The number of allylic oxidation sites excluding steroid dienone is 2. The Kier molecular flexibility index (Phi) is 3.99. The zero-order chi connectivity index (χ0) is 16.4. The van der Waals surface area contributed by atoms with Crippen molar-refractivity contribution in [1.29, 1.82) is 0 Å². The van der Waals surface area contributed by atoms with Crippen molar-refractivity contribution in [2.24, 2.45) is 11.3 Å². The monoisotopic (exact) mass is 310 g/mol. The Balaban J connectivity index is 2.12. The van der Waals surface area contributed by atoms with E-state index in [0.29, 0.717) is 24.8 Å². The van der Waals surface area contributed by atoms with Gasteiger partial charge in [0, 0.05) is 11.6 Å². The Labute approximate surface area is 134 Å². The maximum Gasteiger partial charge on any atom is 0.184 e. The van der Waals surface area contributed by atoms with Gasteiger partial charge in [-0.15, -0.1) is 0 Å². The highest BCUT2D eigenvalue weighted by molar-refractivity contribution is 6.25. The molecule has 1 fully saturated rings. The van der Waals surface area contributed by atoms with Gasteiger partial charge < -0.3 is 4.74 Å². The van der Waals surface area contributed by atoms with Crippen molar-refractivity contribution < 1.29 is 19.1 Å². The number of carbonyl (C=O) groups is 3. The summed E-state index contributed by atoms with van der Waals surface area (Å²) in [7, 11) is 0. The summed E-state index contributed by atoms with van der Waals surface area (Å²) in [4.78, 5) is 38.3. The molecule has 0 N–H and O–H groups in total. The Morgan fingerprint density at radius 3 is 2.74 bits per heavy atom. The van der Waals surface area contributed by atoms with Crippen LogP contribution in [0.5, 0.6) is 0 Å². The van der Waals surface area contributed by atoms with Gasteiger partial charge in [-0.3, -0.25) is 14.4 Å². The average Bonchev–Trinajstić information content (AvgIpc) is 2.57. The van der Waals surface area contributed by atoms with E-state index >= 15 is 0 Å². The molecule has 1 aromatic carbocycles. The second-order valence-corrected chi connectivity index (χ2v) is 5.92. The van der Waals surface area contributed by atoms with Crippen molar-refractivity contribution >= 4 is 17.3 Å². The number of ether oxygens (including phenoxy) is 1. The number of fused-ring (bicyclic) bond motifs is 2. The van der Waals surface area contributed by atoms with Crippen molar-refractivity contribution in [3.63, 3.8) is 0 Å². The van der Waals surface area contributed by atoms with Crippen LogP contribution in [0, 0.1) is 11.3 Å². The van der Waals surface area contributed by atoms with E-state index in [2.05, 4.69) is 6.58 Å². The zero-order valence-electron chi connectivity index (χ0n) is 12.8. The van der Waals surface area contributed by atoms with E-state index in [4.69, 9.17) is 4.74 Å². The molecule has 23 heavy (non-hydrogen) atoms. The number of benzene rings is 1. The number of rotatable bonds is 5. The lowest BCUT2D eigenvalue weighted by molar-refractivity contribution is -0.140. The summed E-state index contributed by atoms with van der Waals surface area (Å²) < 4.78 is 5.59. The molecule has 0 aromatic heterocycles. The van der Waals surface area contributed by atoms with Crippen LogP contribution in [-0.4, -0.2) is 24.0 Å². The summed E-state index contributed by atoms with van der Waals surface area (Å²) in [6.45, 7) is 3.74. The Morgan fingerprint density at radius 2 is 2.04 bits per heavy atom. The number of ketones is 3. The molecule has 1 aromatic rings. The fraction of sp³-hybridized carbons (Fsp3) is 0.316. The maximum absolute atomic E-state index is 13.1. The third-order valence-electron chi connectivity index (χ3n) is 4.60. The van der Waals surface area contributed by atoms with Crippen LogP contribution in [0.3, 0.4) is 0 Å². The molecule has 2 atom stereocenters. The smallest absolute Gasteiger partial charge is 0.184 e. The lowest BCUT2D eigenvalue weighted by atomic mass is 9.60. The van der Waals surface area contributed by atoms with E-state index < -0.39 is 11.3 Å². The van der Waals surface area contributed by atoms with Gasteiger partial charge in [-0.2, -0.15) is 0 Å². The van der Waals surface area contributed by atoms with Crippen molar-refractivity contribution in [2.75, 3.05) is 6.61 Å². The average molecular weight is 310 g/mol. The summed E-state index contributed by atoms with van der Waals surface area (Å²) in [6.07, 6.45) is 4.41. The van der Waals surface area contributed by atoms with Crippen molar-refractivity contribution in [1.82, 2.24) is 0 Å². The van der Waals surface area contributed by atoms with Gasteiger partial charge in [-0.1, -0.05) is 49.4 Å². The Morgan fingerprint density at radius 1 is 1.30 bits per heavy atom. The summed E-state index contributed by atoms with van der Waals surface area (Å²) in [6, 6.07) is 8.72. The van der Waals surface area contributed by atoms with Crippen LogP contribution >= 0.6 is 0 Å². The molecule has 0 aliphatic heterocycles. The van der Waals surface area contributed by atoms with Crippen LogP contribution in [-0.2, 0) is 14.3 Å². The maximum atomic E-state index is 13.1. The minimum Gasteiger partial charge on any atom is -0.492 e. The fourth-order valence-electron chi connectivity index (χ4n) is 3.48. The number of hydrogen-bond acceptors (Lipinski definition) is 4. The molecule has 0 amide bonds. The number of hydrogen-bond donors (Lipinski definition) is 0. The minimum atomic E-state index is -1.36. The zero-order valence-corrected chi connectivity index (χ0v) is 12.8. The highest BCUT2D eigenvalue weighted by Gasteiger charge is 2.58. The van der Waals surface area contributed by atoms with Gasteiger partial charge in [0.2, 0.25) is 0 Å². The number of carbonyl (C=O) groups excluding carboxylic acids is 3. The molecular weight excluding hydrogens is 292 g/mol. The third kappa shape index (κ3) is 2.34. The van der Waals surface area contributed by atoms with Gasteiger partial charge in [-0.05, 0) is 12.8 Å². The second-order valence-electron chi connectivity index (χ2n) is 5.92. The van der Waals surface area contributed by atoms with E-state index in [0.717, 1.165) is 0 Å². The van der Waals surface area contributed by atoms with E-state index in [1.54, 1.807) is 24.3 Å². The summed E-state index contributed by atoms with van der Waals surface area (Å²) in [5.74, 6) is -1.39. The first-order valence-electron chi connectivity index (χ1n) is 7.75. The molecular formula is C19H18O4. The Hall–Kier alpha value is -2.49. The largest absolute Gasteiger partial charge is 0.492 e. The van der Waals surface area contributed by atoms with Crippen LogP contribution in [0.25, 0.3) is 0 Å². The standard InChI is InChI=1S/C19H18O4/c1-2-11-23-16-12-15(20)14-9-6-10-19(16,18(14)22)17(21)13-7-4-3-5-8-13/h2-5,7-8,12,14H,1,6,9-11H2/t14-,19?/m1/s1. The molecule has 0 heterocycles. The van der Waals surface area contributed by atoms with Gasteiger partial charge in [0.1, 0.15) is 17.8 Å². The molecule has 3 rings (SSSR count). The van der Waals surface area contributed by atoms with Gasteiger partial charge in [0.15, 0.2) is 17.3 Å². The first kappa shape index (κ1) is 15.4. The predicted molar refractivity (Wildman–Crippen MR) is 84.8 cm³/mol. The van der Waals surface area contributed by atoms with Crippen LogP contribution in [0.4, 0.5) is 0 Å². The van der Waals surface area contributed by atoms with Crippen LogP contribution in [0.1, 0.15) is 29.6 Å². The molecule has 0 saturated heterocycles. The lowest BCUT2D eigenvalue weighted by Crippen LogP contribution is -2.52. The molecule has 4 nitrogen and oxygen atoms in total. The number of Topliss-reactive ketones (excluding diaryl/α,β-unsaturated/α-hetero) is 2. The highest BCUT2D eigenvalue weighted by Crippen LogP contribution is 2.48. The summed E-state index contributed by atoms with van der Waals surface area (Å²) in [5, 5.41) is 0. The SMILES string of the molecule is C=CCOC1=CC(=O)[C@H]2CCCC1(C(=O)c1ccccc1)C2=O. The molecule has 2 bridgehead atoms. The third-order valence-corrected chi connectivity index (χ3v) is 4.60. The first-order chi connectivity index (χ1) is 11.1. The molecule has 1 unspecified atom stereocenters. The van der Waals surface area contributed by atoms with Crippen molar-refractivity contribution in [2.45, 2.75) is 19.3 Å². The quantitative estimate of drug-likeness (QED) is 0.476. The minimum absolute atomic E-state index is 0.154. The first-order valence-corrected chi connectivity index (χ1v) is 7.75. The summed E-state index contributed by atoms with van der Waals surface area (Å²) in [5.41, 5.74) is -0.898. The van der Waals surface area contributed by atoms with Crippen LogP contribution in [0.15, 0.2) is 54.8 Å².